The van der Waals surface area contributed by atoms with Crippen LogP contribution in [0, 0.1) is 11.8 Å². The molecular formula is C21H28O4. The molecule has 2 rings (SSSR count). The van der Waals surface area contributed by atoms with E-state index in [0.717, 1.165) is 24.8 Å². The molecule has 1 aliphatic heterocycles. The Balaban J connectivity index is 2.04. The number of methoxy groups -OCH3 is 1. The number of hydrogen-bond donors (Lipinski definition) is 1. The van der Waals surface area contributed by atoms with Gasteiger partial charge in [-0.05, 0) is 43.4 Å². The van der Waals surface area contributed by atoms with Crippen molar-refractivity contribution in [1.29, 1.82) is 0 Å². The van der Waals surface area contributed by atoms with Crippen LogP contribution in [0.15, 0.2) is 24.3 Å². The molecule has 1 N–H and O–H groups in total. The molecule has 0 saturated carbocycles. The van der Waals surface area contributed by atoms with Crippen molar-refractivity contribution in [3.05, 3.63) is 35.4 Å². The van der Waals surface area contributed by atoms with Crippen molar-refractivity contribution in [3.8, 4) is 11.8 Å². The first-order valence-corrected chi connectivity index (χ1v) is 8.88. The Hall–Kier alpha value is -1.83. The predicted octanol–water partition coefficient (Wildman–Crippen LogP) is 3.20. The number of aliphatic hydroxyl groups is 1. The average molecular weight is 344 g/mol. The summed E-state index contributed by atoms with van der Waals surface area (Å²) in [6, 6.07) is 8.17. The van der Waals surface area contributed by atoms with Crippen LogP contribution in [0.5, 0.6) is 0 Å². The van der Waals surface area contributed by atoms with Gasteiger partial charge in [0.15, 0.2) is 0 Å². The van der Waals surface area contributed by atoms with Gasteiger partial charge in [-0.2, -0.15) is 0 Å². The molecule has 1 aromatic rings. The summed E-state index contributed by atoms with van der Waals surface area (Å²) in [6.07, 6.45) is 3.96. The van der Waals surface area contributed by atoms with Crippen molar-refractivity contribution < 1.29 is 19.4 Å². The Morgan fingerprint density at radius 2 is 2.04 bits per heavy atom. The number of hydrogen-bond acceptors (Lipinski definition) is 4. The third kappa shape index (κ3) is 4.84. The largest absolute Gasteiger partial charge is 0.469 e. The monoisotopic (exact) mass is 344 g/mol. The molecule has 1 aliphatic rings. The first kappa shape index (κ1) is 19.5. The summed E-state index contributed by atoms with van der Waals surface area (Å²) in [5, 5.41) is 8.77. The standard InChI is InChI=1S/C21H28O4/c1-4-21(12-11-19(23)24-3)14-13-20(2,16-25-21)18-9-7-17(8-10-18)6-5-15-22/h7-10,22H,4,11-16H2,1-3H3. The number of aliphatic hydroxyl groups excluding tert-OH is 1. The van der Waals surface area contributed by atoms with E-state index in [4.69, 9.17) is 14.6 Å². The fraction of sp³-hybridized carbons (Fsp3) is 0.571. The van der Waals surface area contributed by atoms with Gasteiger partial charge in [0.2, 0.25) is 0 Å². The van der Waals surface area contributed by atoms with Gasteiger partial charge in [-0.25, -0.2) is 0 Å². The van der Waals surface area contributed by atoms with E-state index in [0.29, 0.717) is 19.4 Å². The molecule has 1 saturated heterocycles. The van der Waals surface area contributed by atoms with Crippen LogP contribution in [-0.4, -0.2) is 37.0 Å². The fourth-order valence-corrected chi connectivity index (χ4v) is 3.37. The summed E-state index contributed by atoms with van der Waals surface area (Å²) in [4.78, 5) is 11.5. The van der Waals surface area contributed by atoms with Gasteiger partial charge in [-0.15, -0.1) is 0 Å². The molecule has 2 atom stereocenters. The van der Waals surface area contributed by atoms with E-state index in [2.05, 4.69) is 37.8 Å². The van der Waals surface area contributed by atoms with E-state index in [9.17, 15) is 4.79 Å². The summed E-state index contributed by atoms with van der Waals surface area (Å²) < 4.78 is 11.1. The highest BCUT2D eigenvalue weighted by molar-refractivity contribution is 5.69. The molecule has 0 aromatic heterocycles. The van der Waals surface area contributed by atoms with Crippen molar-refractivity contribution in [2.45, 2.75) is 57.0 Å². The molecule has 136 valence electrons. The Kier molecular flexibility index (Phi) is 6.64. The van der Waals surface area contributed by atoms with Gasteiger partial charge in [-0.3, -0.25) is 4.79 Å². The molecule has 4 nitrogen and oxygen atoms in total. The molecule has 2 unspecified atom stereocenters. The molecule has 0 radical (unpaired) electrons. The van der Waals surface area contributed by atoms with E-state index in [1.54, 1.807) is 0 Å². The molecule has 0 spiro atoms. The first-order chi connectivity index (χ1) is 12.0. The zero-order valence-corrected chi connectivity index (χ0v) is 15.4. The van der Waals surface area contributed by atoms with Crippen LogP contribution in [0.2, 0.25) is 0 Å². The lowest BCUT2D eigenvalue weighted by Crippen LogP contribution is -2.45. The number of carbonyl (C=O) groups excluding carboxylic acids is 1. The zero-order valence-electron chi connectivity index (χ0n) is 15.4. The van der Waals surface area contributed by atoms with E-state index in [1.165, 1.54) is 12.7 Å². The minimum atomic E-state index is -0.222. The van der Waals surface area contributed by atoms with Crippen molar-refractivity contribution in [1.82, 2.24) is 0 Å². The molecule has 0 amide bonds. The van der Waals surface area contributed by atoms with Crippen LogP contribution in [0.1, 0.15) is 57.1 Å². The number of benzene rings is 1. The fourth-order valence-electron chi connectivity index (χ4n) is 3.37. The topological polar surface area (TPSA) is 55.8 Å². The third-order valence-corrected chi connectivity index (χ3v) is 5.38. The highest BCUT2D eigenvalue weighted by atomic mass is 16.5. The van der Waals surface area contributed by atoms with Gasteiger partial charge in [0.1, 0.15) is 6.61 Å². The summed E-state index contributed by atoms with van der Waals surface area (Å²) in [7, 11) is 1.42. The second-order valence-electron chi connectivity index (χ2n) is 7.00. The Bertz CT molecular complexity index is 628. The molecule has 25 heavy (non-hydrogen) atoms. The lowest BCUT2D eigenvalue weighted by atomic mass is 9.72. The van der Waals surface area contributed by atoms with Crippen LogP contribution in [0.25, 0.3) is 0 Å². The second kappa shape index (κ2) is 8.51. The summed E-state index contributed by atoms with van der Waals surface area (Å²) >= 11 is 0. The maximum atomic E-state index is 11.5. The van der Waals surface area contributed by atoms with Gasteiger partial charge in [-0.1, -0.05) is 37.8 Å². The van der Waals surface area contributed by atoms with Crippen molar-refractivity contribution in [3.63, 3.8) is 0 Å². The quantitative estimate of drug-likeness (QED) is 0.658. The molecular weight excluding hydrogens is 316 g/mol. The molecule has 1 aromatic carbocycles. The highest BCUT2D eigenvalue weighted by Crippen LogP contribution is 2.42. The van der Waals surface area contributed by atoms with E-state index in [1.807, 2.05) is 12.1 Å². The maximum Gasteiger partial charge on any atom is 0.305 e. The van der Waals surface area contributed by atoms with Gasteiger partial charge < -0.3 is 14.6 Å². The summed E-state index contributed by atoms with van der Waals surface area (Å²) in [6.45, 7) is 4.86. The third-order valence-electron chi connectivity index (χ3n) is 5.38. The Labute approximate surface area is 150 Å². The van der Waals surface area contributed by atoms with Gasteiger partial charge in [0.25, 0.3) is 0 Å². The lowest BCUT2D eigenvalue weighted by molar-refractivity contribution is -0.146. The van der Waals surface area contributed by atoms with E-state index >= 15 is 0 Å². The lowest BCUT2D eigenvalue weighted by Gasteiger charge is -2.45. The first-order valence-electron chi connectivity index (χ1n) is 8.88. The second-order valence-corrected chi connectivity index (χ2v) is 7.00. The normalized spacial score (nSPS) is 25.8. The van der Waals surface area contributed by atoms with Crippen LogP contribution >= 0.6 is 0 Å². The zero-order chi connectivity index (χ0) is 18.3. The summed E-state index contributed by atoms with van der Waals surface area (Å²) in [5.41, 5.74) is 1.88. The van der Waals surface area contributed by atoms with Crippen LogP contribution < -0.4 is 0 Å². The van der Waals surface area contributed by atoms with E-state index in [-0.39, 0.29) is 23.6 Å². The summed E-state index contributed by atoms with van der Waals surface area (Å²) in [5.74, 6) is 5.40. The molecule has 0 bridgehead atoms. The maximum absolute atomic E-state index is 11.5. The Morgan fingerprint density at radius 1 is 1.32 bits per heavy atom. The molecule has 1 fully saturated rings. The predicted molar refractivity (Wildman–Crippen MR) is 97.2 cm³/mol. The number of rotatable bonds is 5. The molecule has 0 aliphatic carbocycles. The number of carbonyl (C=O) groups is 1. The van der Waals surface area contributed by atoms with Gasteiger partial charge in [0.05, 0.1) is 19.3 Å². The highest BCUT2D eigenvalue weighted by Gasteiger charge is 2.41. The van der Waals surface area contributed by atoms with Crippen LogP contribution in [0.4, 0.5) is 0 Å². The number of esters is 1. The SMILES string of the molecule is CCC1(CCC(=O)OC)CCC(C)(c2ccc(C#CCO)cc2)CO1. The smallest absolute Gasteiger partial charge is 0.305 e. The van der Waals surface area contributed by atoms with Crippen LogP contribution in [-0.2, 0) is 19.7 Å². The van der Waals surface area contributed by atoms with Gasteiger partial charge in [0, 0.05) is 17.4 Å². The van der Waals surface area contributed by atoms with E-state index < -0.39 is 0 Å². The minimum Gasteiger partial charge on any atom is -0.469 e. The molecule has 4 heteroatoms. The number of ether oxygens (including phenoxy) is 2. The van der Waals surface area contributed by atoms with Gasteiger partial charge >= 0.3 is 5.97 Å². The van der Waals surface area contributed by atoms with Crippen molar-refractivity contribution >= 4 is 5.97 Å². The average Bonchev–Trinajstić information content (AvgIpc) is 2.66. The van der Waals surface area contributed by atoms with Crippen LogP contribution in [0.3, 0.4) is 0 Å². The Morgan fingerprint density at radius 3 is 2.56 bits per heavy atom. The van der Waals surface area contributed by atoms with Crippen molar-refractivity contribution in [2.24, 2.45) is 0 Å². The molecule has 1 heterocycles. The minimum absolute atomic E-state index is 0.0348. The van der Waals surface area contributed by atoms with Crippen molar-refractivity contribution in [2.75, 3.05) is 20.3 Å².